The van der Waals surface area contributed by atoms with Gasteiger partial charge in [0.05, 0.1) is 6.20 Å². The van der Waals surface area contributed by atoms with E-state index in [1.54, 1.807) is 0 Å². The SMILES string of the molecule is CCc1ncc(S(=O)(=O)NC23CC4CC(CC(C4)C2)C3)[nH]1. The minimum absolute atomic E-state index is 0.189. The van der Waals surface area contributed by atoms with E-state index in [1.165, 1.54) is 25.5 Å². The number of nitrogens with one attached hydrogen (secondary N) is 2. The van der Waals surface area contributed by atoms with Crippen LogP contribution in [0.2, 0.25) is 0 Å². The first kappa shape index (κ1) is 13.8. The van der Waals surface area contributed by atoms with E-state index in [0.29, 0.717) is 6.42 Å². The first-order valence-electron chi connectivity index (χ1n) is 8.06. The highest BCUT2D eigenvalue weighted by molar-refractivity contribution is 7.89. The summed E-state index contributed by atoms with van der Waals surface area (Å²) < 4.78 is 28.4. The molecule has 0 aliphatic heterocycles. The predicted molar refractivity (Wildman–Crippen MR) is 79.2 cm³/mol. The van der Waals surface area contributed by atoms with Gasteiger partial charge in [0.2, 0.25) is 0 Å². The normalized spacial score (nSPS) is 38.0. The average molecular weight is 309 g/mol. The van der Waals surface area contributed by atoms with Crippen LogP contribution in [0.15, 0.2) is 11.2 Å². The minimum Gasteiger partial charge on any atom is -0.332 e. The highest BCUT2D eigenvalue weighted by atomic mass is 32.2. The number of hydrogen-bond acceptors (Lipinski definition) is 3. The lowest BCUT2D eigenvalue weighted by molar-refractivity contribution is -0.00813. The zero-order chi connectivity index (χ0) is 14.7. The van der Waals surface area contributed by atoms with Gasteiger partial charge in [-0.1, -0.05) is 6.92 Å². The molecule has 0 atom stereocenters. The van der Waals surface area contributed by atoms with Crippen LogP contribution in [-0.2, 0) is 16.4 Å². The van der Waals surface area contributed by atoms with Crippen molar-refractivity contribution in [1.82, 2.24) is 14.7 Å². The van der Waals surface area contributed by atoms with Crippen LogP contribution < -0.4 is 4.72 Å². The Morgan fingerprint density at radius 3 is 2.29 bits per heavy atom. The molecule has 4 saturated carbocycles. The number of sulfonamides is 1. The van der Waals surface area contributed by atoms with Crippen LogP contribution >= 0.6 is 0 Å². The third-order valence-corrected chi connectivity index (χ3v) is 7.11. The van der Waals surface area contributed by atoms with Gasteiger partial charge in [-0.25, -0.2) is 18.1 Å². The highest BCUT2D eigenvalue weighted by Crippen LogP contribution is 2.55. The lowest BCUT2D eigenvalue weighted by Gasteiger charge is -2.56. The van der Waals surface area contributed by atoms with Gasteiger partial charge in [-0.05, 0) is 56.3 Å². The molecule has 4 aliphatic carbocycles. The zero-order valence-electron chi connectivity index (χ0n) is 12.4. The Hall–Kier alpha value is -0.880. The molecule has 0 aromatic carbocycles. The van der Waals surface area contributed by atoms with Crippen molar-refractivity contribution >= 4 is 10.0 Å². The Balaban J connectivity index is 1.60. The quantitative estimate of drug-likeness (QED) is 0.895. The van der Waals surface area contributed by atoms with E-state index in [-0.39, 0.29) is 10.6 Å². The first-order valence-corrected chi connectivity index (χ1v) is 9.54. The third kappa shape index (κ3) is 2.32. The molecule has 21 heavy (non-hydrogen) atoms. The number of hydrogen-bond donors (Lipinski definition) is 2. The largest absolute Gasteiger partial charge is 0.332 e. The molecule has 4 aliphatic rings. The van der Waals surface area contributed by atoms with Crippen LogP contribution in [0.4, 0.5) is 0 Å². The van der Waals surface area contributed by atoms with Gasteiger partial charge >= 0.3 is 0 Å². The Labute approximate surface area is 126 Å². The number of nitrogens with zero attached hydrogens (tertiary/aromatic N) is 1. The molecule has 6 heteroatoms. The summed E-state index contributed by atoms with van der Waals surface area (Å²) in [5, 5.41) is 0.218. The number of rotatable bonds is 4. The minimum atomic E-state index is -3.48. The summed E-state index contributed by atoms with van der Waals surface area (Å²) in [5.41, 5.74) is -0.189. The van der Waals surface area contributed by atoms with Crippen molar-refractivity contribution in [2.45, 2.75) is 62.4 Å². The van der Waals surface area contributed by atoms with Gasteiger partial charge in [0.1, 0.15) is 5.82 Å². The number of aromatic amines is 1. The van der Waals surface area contributed by atoms with Gasteiger partial charge in [0.15, 0.2) is 5.03 Å². The number of imidazole rings is 1. The van der Waals surface area contributed by atoms with Crippen LogP contribution in [-0.4, -0.2) is 23.9 Å². The van der Waals surface area contributed by atoms with Crippen LogP contribution in [0.1, 0.15) is 51.3 Å². The number of aryl methyl sites for hydroxylation is 1. The summed E-state index contributed by atoms with van der Waals surface area (Å²) in [6, 6.07) is 0. The second-order valence-electron chi connectivity index (χ2n) is 7.35. The van der Waals surface area contributed by atoms with E-state index in [4.69, 9.17) is 0 Å². The topological polar surface area (TPSA) is 74.8 Å². The molecule has 1 aromatic heterocycles. The van der Waals surface area contributed by atoms with Crippen molar-refractivity contribution in [3.05, 3.63) is 12.0 Å². The van der Waals surface area contributed by atoms with Crippen molar-refractivity contribution in [3.63, 3.8) is 0 Å². The first-order chi connectivity index (χ1) is 9.98. The van der Waals surface area contributed by atoms with Crippen LogP contribution in [0, 0.1) is 17.8 Å². The van der Waals surface area contributed by atoms with E-state index in [2.05, 4.69) is 14.7 Å². The fourth-order valence-electron chi connectivity index (χ4n) is 5.24. The van der Waals surface area contributed by atoms with Crippen LogP contribution in [0.25, 0.3) is 0 Å². The van der Waals surface area contributed by atoms with Gasteiger partial charge in [-0.3, -0.25) is 0 Å². The van der Waals surface area contributed by atoms with E-state index in [9.17, 15) is 8.42 Å². The Bertz CT molecular complexity index is 614. The maximum Gasteiger partial charge on any atom is 0.258 e. The van der Waals surface area contributed by atoms with E-state index < -0.39 is 10.0 Å². The van der Waals surface area contributed by atoms with Gasteiger partial charge in [-0.15, -0.1) is 0 Å². The van der Waals surface area contributed by atoms with Crippen molar-refractivity contribution in [2.75, 3.05) is 0 Å². The van der Waals surface area contributed by atoms with Crippen molar-refractivity contribution < 1.29 is 8.42 Å². The molecule has 4 fully saturated rings. The van der Waals surface area contributed by atoms with Gasteiger partial charge in [-0.2, -0.15) is 0 Å². The summed E-state index contributed by atoms with van der Waals surface area (Å²) in [6.07, 6.45) is 9.16. The molecule has 5 nitrogen and oxygen atoms in total. The predicted octanol–water partition coefficient (Wildman–Crippen LogP) is 2.22. The molecule has 0 amide bonds. The summed E-state index contributed by atoms with van der Waals surface area (Å²) >= 11 is 0. The second-order valence-corrected chi connectivity index (χ2v) is 9.00. The maximum absolute atomic E-state index is 12.7. The summed E-state index contributed by atoms with van der Waals surface area (Å²) in [5.74, 6) is 2.91. The fraction of sp³-hybridized carbons (Fsp3) is 0.800. The lowest BCUT2D eigenvalue weighted by Crippen LogP contribution is -2.59. The molecule has 1 heterocycles. The molecule has 4 bridgehead atoms. The molecule has 0 spiro atoms. The van der Waals surface area contributed by atoms with Gasteiger partial charge < -0.3 is 4.98 Å². The highest BCUT2D eigenvalue weighted by Gasteiger charge is 2.52. The molecule has 0 saturated heterocycles. The van der Waals surface area contributed by atoms with E-state index in [0.717, 1.165) is 42.8 Å². The monoisotopic (exact) mass is 309 g/mol. The van der Waals surface area contributed by atoms with E-state index >= 15 is 0 Å². The van der Waals surface area contributed by atoms with Crippen molar-refractivity contribution in [2.24, 2.45) is 17.8 Å². The zero-order valence-corrected chi connectivity index (χ0v) is 13.2. The average Bonchev–Trinajstić information content (AvgIpc) is 2.85. The molecule has 1 aromatic rings. The van der Waals surface area contributed by atoms with Crippen molar-refractivity contribution in [3.8, 4) is 0 Å². The molecule has 116 valence electrons. The Morgan fingerprint density at radius 1 is 1.24 bits per heavy atom. The summed E-state index contributed by atoms with van der Waals surface area (Å²) in [4.78, 5) is 7.04. The summed E-state index contributed by atoms with van der Waals surface area (Å²) in [7, 11) is -3.48. The molecule has 0 radical (unpaired) electrons. The maximum atomic E-state index is 12.7. The van der Waals surface area contributed by atoms with E-state index in [1.807, 2.05) is 6.92 Å². The molecular weight excluding hydrogens is 286 g/mol. The molecule has 0 unspecified atom stereocenters. The number of aromatic nitrogens is 2. The van der Waals surface area contributed by atoms with Crippen LogP contribution in [0.5, 0.6) is 0 Å². The standard InChI is InChI=1S/C15H23N3O2S/c1-2-13-16-9-14(17-13)21(19,20)18-15-6-10-3-11(7-15)5-12(4-10)8-15/h9-12,18H,2-8H2,1H3,(H,16,17). The van der Waals surface area contributed by atoms with Gasteiger partial charge in [0, 0.05) is 12.0 Å². The molecule has 2 N–H and O–H groups in total. The molecule has 5 rings (SSSR count). The van der Waals surface area contributed by atoms with Gasteiger partial charge in [0.25, 0.3) is 10.0 Å². The molecular formula is C15H23N3O2S. The lowest BCUT2D eigenvalue weighted by atomic mass is 9.53. The Morgan fingerprint density at radius 2 is 1.81 bits per heavy atom. The van der Waals surface area contributed by atoms with Crippen LogP contribution in [0.3, 0.4) is 0 Å². The second kappa shape index (κ2) is 4.56. The summed E-state index contributed by atoms with van der Waals surface area (Å²) in [6.45, 7) is 1.96. The third-order valence-electron chi connectivity index (χ3n) is 5.62. The number of H-pyrrole nitrogens is 1. The van der Waals surface area contributed by atoms with Crippen molar-refractivity contribution in [1.29, 1.82) is 0 Å². The fourth-order valence-corrected chi connectivity index (χ4v) is 6.61. The smallest absolute Gasteiger partial charge is 0.258 e. The Kier molecular flexibility index (Phi) is 2.99.